The van der Waals surface area contributed by atoms with E-state index in [-0.39, 0.29) is 10.8 Å². The number of H-pyrrole nitrogens is 1. The number of halogens is 1. The Labute approximate surface area is 119 Å². The van der Waals surface area contributed by atoms with Crippen LogP contribution in [0.4, 0.5) is 5.82 Å². The lowest BCUT2D eigenvalue weighted by Crippen LogP contribution is -2.14. The molecular weight excluding hydrogens is 332 g/mol. The monoisotopic (exact) mass is 344 g/mol. The molecule has 0 aliphatic rings. The molecule has 2 heterocycles. The van der Waals surface area contributed by atoms with Crippen molar-refractivity contribution in [3.05, 3.63) is 34.3 Å². The van der Waals surface area contributed by atoms with Gasteiger partial charge in [-0.05, 0) is 35.0 Å². The van der Waals surface area contributed by atoms with Gasteiger partial charge in [0, 0.05) is 10.9 Å². The summed E-state index contributed by atoms with van der Waals surface area (Å²) < 4.78 is 27.4. The maximum absolute atomic E-state index is 12.1. The topological polar surface area (TPSA) is 87.7 Å². The predicted molar refractivity (Wildman–Crippen MR) is 75.4 cm³/mol. The largest absolute Gasteiger partial charge is 0.332 e. The Balaban J connectivity index is 2.28. The minimum Gasteiger partial charge on any atom is -0.332 e. The van der Waals surface area contributed by atoms with Gasteiger partial charge in [0.05, 0.1) is 11.9 Å². The second kappa shape index (κ2) is 5.30. The summed E-state index contributed by atoms with van der Waals surface area (Å²) in [5.41, 5.74) is 0.707. The third kappa shape index (κ3) is 3.13. The Bertz CT molecular complexity index is 696. The Hall–Kier alpha value is -1.41. The fourth-order valence-corrected chi connectivity index (χ4v) is 2.62. The molecule has 0 amide bonds. The van der Waals surface area contributed by atoms with Gasteiger partial charge in [0.15, 0.2) is 5.03 Å². The van der Waals surface area contributed by atoms with Crippen LogP contribution in [0.25, 0.3) is 0 Å². The molecule has 102 valence electrons. The number of sulfonamides is 1. The van der Waals surface area contributed by atoms with Crippen LogP contribution in [0.5, 0.6) is 0 Å². The van der Waals surface area contributed by atoms with Crippen molar-refractivity contribution in [2.75, 3.05) is 4.72 Å². The summed E-state index contributed by atoms with van der Waals surface area (Å²) in [6.45, 7) is 3.68. The zero-order chi connectivity index (χ0) is 14.0. The number of nitrogens with zero attached hydrogens (tertiary/aromatic N) is 2. The molecule has 0 fully saturated rings. The van der Waals surface area contributed by atoms with Gasteiger partial charge in [-0.1, -0.05) is 6.92 Å². The molecule has 0 spiro atoms. The molecule has 8 heteroatoms. The van der Waals surface area contributed by atoms with Gasteiger partial charge in [0.25, 0.3) is 10.0 Å². The van der Waals surface area contributed by atoms with Crippen molar-refractivity contribution in [3.63, 3.8) is 0 Å². The van der Waals surface area contributed by atoms with E-state index in [2.05, 4.69) is 35.6 Å². The Morgan fingerprint density at radius 2 is 2.16 bits per heavy atom. The highest BCUT2D eigenvalue weighted by atomic mass is 79.9. The van der Waals surface area contributed by atoms with Crippen LogP contribution >= 0.6 is 15.9 Å². The van der Waals surface area contributed by atoms with E-state index in [4.69, 9.17) is 0 Å². The molecule has 2 aromatic heterocycles. The summed E-state index contributed by atoms with van der Waals surface area (Å²) in [6, 6.07) is 3.33. The summed E-state index contributed by atoms with van der Waals surface area (Å²) in [6.07, 6.45) is 1.94. The highest BCUT2D eigenvalue weighted by Crippen LogP contribution is 2.18. The number of imidazole rings is 1. The van der Waals surface area contributed by atoms with Crippen LogP contribution in [-0.4, -0.2) is 23.4 Å². The van der Waals surface area contributed by atoms with Crippen LogP contribution < -0.4 is 4.72 Å². The molecule has 2 rings (SSSR count). The first-order chi connectivity index (χ1) is 8.92. The van der Waals surface area contributed by atoms with Gasteiger partial charge in [-0.2, -0.15) is 8.42 Å². The van der Waals surface area contributed by atoms with Gasteiger partial charge in [0.2, 0.25) is 0 Å². The van der Waals surface area contributed by atoms with Crippen LogP contribution in [0.3, 0.4) is 0 Å². The second-order valence-electron chi connectivity index (χ2n) is 3.92. The van der Waals surface area contributed by atoms with E-state index in [1.54, 1.807) is 19.1 Å². The third-order valence-corrected chi connectivity index (χ3v) is 4.59. The van der Waals surface area contributed by atoms with Crippen LogP contribution in [0.15, 0.2) is 27.8 Å². The minimum absolute atomic E-state index is 0.0340. The predicted octanol–water partition coefficient (Wildman–Crippen LogP) is 2.24. The SMILES string of the molecule is CCc1ncc(S(=O)(=O)Nc2ccc(Br)c(C)n2)[nH]1. The first-order valence-corrected chi connectivity index (χ1v) is 7.90. The number of hydrogen-bond acceptors (Lipinski definition) is 4. The zero-order valence-corrected chi connectivity index (χ0v) is 12.8. The number of aryl methyl sites for hydroxylation is 2. The molecule has 2 aromatic rings. The van der Waals surface area contributed by atoms with E-state index in [0.717, 1.165) is 4.47 Å². The summed E-state index contributed by atoms with van der Waals surface area (Å²) >= 11 is 3.31. The standard InChI is InChI=1S/C11H13BrN4O2S/c1-3-9-13-6-11(15-9)19(17,18)16-10-5-4-8(12)7(2)14-10/h4-6H,3H2,1-2H3,(H,13,15)(H,14,16). The van der Waals surface area contributed by atoms with Crippen LogP contribution in [0.1, 0.15) is 18.4 Å². The van der Waals surface area contributed by atoms with Crippen molar-refractivity contribution < 1.29 is 8.42 Å². The molecule has 0 saturated carbocycles. The van der Waals surface area contributed by atoms with E-state index >= 15 is 0 Å². The van der Waals surface area contributed by atoms with E-state index in [0.29, 0.717) is 17.9 Å². The minimum atomic E-state index is -3.68. The fourth-order valence-electron chi connectivity index (χ4n) is 1.45. The molecule has 0 bridgehead atoms. The molecule has 2 N–H and O–H groups in total. The average molecular weight is 345 g/mol. The molecule has 0 saturated heterocycles. The van der Waals surface area contributed by atoms with Crippen molar-refractivity contribution >= 4 is 31.8 Å². The second-order valence-corrected chi connectivity index (χ2v) is 6.42. The van der Waals surface area contributed by atoms with Gasteiger partial charge < -0.3 is 4.98 Å². The maximum Gasteiger partial charge on any atom is 0.280 e. The molecule has 0 aromatic carbocycles. The van der Waals surface area contributed by atoms with Gasteiger partial charge in [-0.25, -0.2) is 9.97 Å². The summed E-state index contributed by atoms with van der Waals surface area (Å²) in [5.74, 6) is 0.897. The Morgan fingerprint density at radius 3 is 2.74 bits per heavy atom. The van der Waals surface area contributed by atoms with E-state index in [9.17, 15) is 8.42 Å². The third-order valence-electron chi connectivity index (χ3n) is 2.49. The smallest absolute Gasteiger partial charge is 0.280 e. The van der Waals surface area contributed by atoms with Crippen molar-refractivity contribution in [1.29, 1.82) is 0 Å². The van der Waals surface area contributed by atoms with Gasteiger partial charge >= 0.3 is 0 Å². The first kappa shape index (κ1) is 14.0. The van der Waals surface area contributed by atoms with Crippen LogP contribution in [0, 0.1) is 6.92 Å². The highest BCUT2D eigenvalue weighted by molar-refractivity contribution is 9.10. The quantitative estimate of drug-likeness (QED) is 0.890. The Morgan fingerprint density at radius 1 is 1.42 bits per heavy atom. The molecule has 6 nitrogen and oxygen atoms in total. The highest BCUT2D eigenvalue weighted by Gasteiger charge is 2.17. The van der Waals surface area contributed by atoms with E-state index in [1.807, 2.05) is 6.92 Å². The first-order valence-electron chi connectivity index (χ1n) is 5.62. The van der Waals surface area contributed by atoms with E-state index < -0.39 is 10.0 Å². The summed E-state index contributed by atoms with van der Waals surface area (Å²) in [7, 11) is -3.68. The Kier molecular flexibility index (Phi) is 3.91. The number of aromatic nitrogens is 3. The summed E-state index contributed by atoms with van der Waals surface area (Å²) in [4.78, 5) is 10.9. The van der Waals surface area contributed by atoms with Crippen molar-refractivity contribution in [1.82, 2.24) is 15.0 Å². The molecule has 0 unspecified atom stereocenters. The maximum atomic E-state index is 12.1. The summed E-state index contributed by atoms with van der Waals surface area (Å²) in [5, 5.41) is 0.0340. The molecule has 0 radical (unpaired) electrons. The fraction of sp³-hybridized carbons (Fsp3) is 0.273. The van der Waals surface area contributed by atoms with Gasteiger partial charge in [0.1, 0.15) is 11.6 Å². The lowest BCUT2D eigenvalue weighted by molar-refractivity contribution is 0.597. The van der Waals surface area contributed by atoms with Crippen LogP contribution in [0.2, 0.25) is 0 Å². The van der Waals surface area contributed by atoms with Crippen molar-refractivity contribution in [3.8, 4) is 0 Å². The molecule has 0 aliphatic heterocycles. The number of pyridine rings is 1. The lowest BCUT2D eigenvalue weighted by Gasteiger charge is -2.06. The lowest BCUT2D eigenvalue weighted by atomic mass is 10.4. The molecule has 0 aliphatic carbocycles. The van der Waals surface area contributed by atoms with Gasteiger partial charge in [-0.3, -0.25) is 4.72 Å². The normalized spacial score (nSPS) is 11.5. The van der Waals surface area contributed by atoms with E-state index in [1.165, 1.54) is 6.20 Å². The van der Waals surface area contributed by atoms with Crippen molar-refractivity contribution in [2.24, 2.45) is 0 Å². The molecular formula is C11H13BrN4O2S. The number of rotatable bonds is 4. The number of nitrogens with one attached hydrogen (secondary N) is 2. The number of anilines is 1. The molecule has 19 heavy (non-hydrogen) atoms. The van der Waals surface area contributed by atoms with Crippen molar-refractivity contribution in [2.45, 2.75) is 25.3 Å². The zero-order valence-electron chi connectivity index (χ0n) is 10.4. The number of aromatic amines is 1. The molecule has 0 atom stereocenters. The van der Waals surface area contributed by atoms with Gasteiger partial charge in [-0.15, -0.1) is 0 Å². The average Bonchev–Trinajstić information content (AvgIpc) is 2.83. The van der Waals surface area contributed by atoms with Crippen LogP contribution in [-0.2, 0) is 16.4 Å². The number of hydrogen-bond donors (Lipinski definition) is 2.